The van der Waals surface area contributed by atoms with Crippen LogP contribution in [0.1, 0.15) is 54.3 Å². The Hall–Kier alpha value is -3.52. The average Bonchev–Trinajstić information content (AvgIpc) is 3.31. The molecule has 8 nitrogen and oxygen atoms in total. The second-order valence-electron chi connectivity index (χ2n) is 6.95. The maximum absolute atomic E-state index is 12.7. The van der Waals surface area contributed by atoms with E-state index in [0.717, 1.165) is 12.8 Å². The Labute approximate surface area is 166 Å². The molecule has 0 radical (unpaired) electrons. The number of anilines is 1. The molecule has 29 heavy (non-hydrogen) atoms. The molecule has 4 rings (SSSR count). The first kappa shape index (κ1) is 18.8. The minimum absolute atomic E-state index is 0.107. The molecular weight excluding hydrogens is 376 g/mol. The Bertz CT molecular complexity index is 1010. The van der Waals surface area contributed by atoms with Crippen LogP contribution in [-0.2, 0) is 4.74 Å². The number of nitrogens with one attached hydrogen (secondary N) is 1. The fraction of sp³-hybridized carbons (Fsp3) is 0.238. The number of hydrogen-bond acceptors (Lipinski definition) is 5. The van der Waals surface area contributed by atoms with E-state index in [1.54, 1.807) is 0 Å². The first-order chi connectivity index (χ1) is 13.9. The van der Waals surface area contributed by atoms with E-state index in [0.29, 0.717) is 12.3 Å². The molecule has 148 valence electrons. The smallest absolute Gasteiger partial charge is 0.335 e. The fourth-order valence-electron chi connectivity index (χ4n) is 3.49. The standard InChI is InChI=1S/C21H18N2O6/c24-18(22-14-6-3-12(4-7-14)21(27)28)13-5-8-16-17(10-13)20(26)23(19(16)25)11-15-2-1-9-29-15/h3-8,10,15H,1-2,9,11H2,(H,22,24)(H,27,28)/t15-/m0/s1. The van der Waals surface area contributed by atoms with E-state index in [4.69, 9.17) is 9.84 Å². The molecule has 2 aliphatic rings. The summed E-state index contributed by atoms with van der Waals surface area (Å²) in [5.74, 6) is -2.33. The second kappa shape index (κ2) is 7.48. The van der Waals surface area contributed by atoms with Crippen LogP contribution in [0.15, 0.2) is 42.5 Å². The summed E-state index contributed by atoms with van der Waals surface area (Å²) in [5, 5.41) is 11.6. The molecule has 0 unspecified atom stereocenters. The van der Waals surface area contributed by atoms with Crippen molar-refractivity contribution in [2.24, 2.45) is 0 Å². The molecular formula is C21H18N2O6. The van der Waals surface area contributed by atoms with Crippen molar-refractivity contribution < 1.29 is 29.0 Å². The van der Waals surface area contributed by atoms with Crippen LogP contribution in [0.3, 0.4) is 0 Å². The van der Waals surface area contributed by atoms with Crippen LogP contribution in [0, 0.1) is 0 Å². The highest BCUT2D eigenvalue weighted by Gasteiger charge is 2.37. The van der Waals surface area contributed by atoms with E-state index >= 15 is 0 Å². The van der Waals surface area contributed by atoms with Gasteiger partial charge in [0.1, 0.15) is 0 Å². The van der Waals surface area contributed by atoms with Crippen molar-refractivity contribution in [1.82, 2.24) is 4.90 Å². The Kier molecular flexibility index (Phi) is 4.85. The predicted molar refractivity (Wildman–Crippen MR) is 102 cm³/mol. The van der Waals surface area contributed by atoms with Crippen molar-refractivity contribution in [3.8, 4) is 0 Å². The molecule has 2 N–H and O–H groups in total. The van der Waals surface area contributed by atoms with Gasteiger partial charge in [0.15, 0.2) is 0 Å². The Morgan fingerprint density at radius 2 is 1.72 bits per heavy atom. The summed E-state index contributed by atoms with van der Waals surface area (Å²) in [4.78, 5) is 49.8. The average molecular weight is 394 g/mol. The zero-order chi connectivity index (χ0) is 20.5. The highest BCUT2D eigenvalue weighted by molar-refractivity contribution is 6.22. The third-order valence-electron chi connectivity index (χ3n) is 5.03. The van der Waals surface area contributed by atoms with E-state index in [9.17, 15) is 19.2 Å². The molecule has 0 bridgehead atoms. The van der Waals surface area contributed by atoms with Gasteiger partial charge >= 0.3 is 5.97 Å². The van der Waals surface area contributed by atoms with Gasteiger partial charge in [-0.2, -0.15) is 0 Å². The van der Waals surface area contributed by atoms with Gasteiger partial charge in [-0.15, -0.1) is 0 Å². The topological polar surface area (TPSA) is 113 Å². The molecule has 0 aliphatic carbocycles. The summed E-state index contributed by atoms with van der Waals surface area (Å²) in [6.07, 6.45) is 1.57. The van der Waals surface area contributed by atoms with E-state index in [2.05, 4.69) is 5.32 Å². The summed E-state index contributed by atoms with van der Waals surface area (Å²) in [5.41, 5.74) is 1.22. The van der Waals surface area contributed by atoms with E-state index in [-0.39, 0.29) is 40.8 Å². The second-order valence-corrected chi connectivity index (χ2v) is 6.95. The lowest BCUT2D eigenvalue weighted by Gasteiger charge is -2.17. The van der Waals surface area contributed by atoms with Gasteiger partial charge in [0.25, 0.3) is 17.7 Å². The molecule has 8 heteroatoms. The molecule has 2 heterocycles. The number of ether oxygens (including phenoxy) is 1. The number of carbonyl (C=O) groups is 4. The SMILES string of the molecule is O=C(O)c1ccc(NC(=O)c2ccc3c(c2)C(=O)N(C[C@@H]2CCCO2)C3=O)cc1. The lowest BCUT2D eigenvalue weighted by molar-refractivity contribution is 0.0475. The number of hydrogen-bond donors (Lipinski definition) is 2. The van der Waals surface area contributed by atoms with E-state index in [1.165, 1.54) is 47.4 Å². The predicted octanol–water partition coefficient (Wildman–Crippen LogP) is 2.41. The van der Waals surface area contributed by atoms with Crippen molar-refractivity contribution in [3.63, 3.8) is 0 Å². The molecule has 0 saturated carbocycles. The van der Waals surface area contributed by atoms with Gasteiger partial charge in [-0.05, 0) is 55.3 Å². The van der Waals surface area contributed by atoms with Crippen LogP contribution in [-0.4, -0.2) is 53.0 Å². The van der Waals surface area contributed by atoms with Crippen LogP contribution < -0.4 is 5.32 Å². The van der Waals surface area contributed by atoms with Crippen molar-refractivity contribution >= 4 is 29.4 Å². The number of benzene rings is 2. The first-order valence-corrected chi connectivity index (χ1v) is 9.20. The molecule has 2 aliphatic heterocycles. The Morgan fingerprint density at radius 1 is 1.03 bits per heavy atom. The summed E-state index contributed by atoms with van der Waals surface area (Å²) < 4.78 is 5.51. The van der Waals surface area contributed by atoms with Gasteiger partial charge < -0.3 is 15.2 Å². The van der Waals surface area contributed by atoms with Gasteiger partial charge in [-0.25, -0.2) is 4.79 Å². The number of imide groups is 1. The van der Waals surface area contributed by atoms with Gasteiger partial charge in [0.05, 0.1) is 29.3 Å². The monoisotopic (exact) mass is 394 g/mol. The highest BCUT2D eigenvalue weighted by Crippen LogP contribution is 2.26. The third kappa shape index (κ3) is 3.62. The van der Waals surface area contributed by atoms with Crippen LogP contribution >= 0.6 is 0 Å². The van der Waals surface area contributed by atoms with Crippen molar-refractivity contribution in [2.45, 2.75) is 18.9 Å². The number of carbonyl (C=O) groups excluding carboxylic acids is 3. The number of aromatic carboxylic acids is 1. The zero-order valence-electron chi connectivity index (χ0n) is 15.4. The van der Waals surface area contributed by atoms with Crippen molar-refractivity contribution in [2.75, 3.05) is 18.5 Å². The van der Waals surface area contributed by atoms with Crippen LogP contribution in [0.4, 0.5) is 5.69 Å². The van der Waals surface area contributed by atoms with Gasteiger partial charge in [-0.1, -0.05) is 0 Å². The highest BCUT2D eigenvalue weighted by atomic mass is 16.5. The molecule has 2 aromatic rings. The zero-order valence-corrected chi connectivity index (χ0v) is 15.4. The lowest BCUT2D eigenvalue weighted by atomic mass is 10.1. The minimum Gasteiger partial charge on any atom is -0.478 e. The van der Waals surface area contributed by atoms with E-state index < -0.39 is 17.8 Å². The number of amides is 3. The van der Waals surface area contributed by atoms with Crippen molar-refractivity contribution in [1.29, 1.82) is 0 Å². The number of nitrogens with zero attached hydrogens (tertiary/aromatic N) is 1. The molecule has 1 saturated heterocycles. The first-order valence-electron chi connectivity index (χ1n) is 9.20. The van der Waals surface area contributed by atoms with Crippen LogP contribution in [0.25, 0.3) is 0 Å². The number of carboxylic acid groups (broad SMARTS) is 1. The van der Waals surface area contributed by atoms with E-state index in [1.807, 2.05) is 0 Å². The molecule has 1 fully saturated rings. The molecule has 2 aromatic carbocycles. The Balaban J connectivity index is 1.50. The number of rotatable bonds is 5. The molecule has 0 aromatic heterocycles. The summed E-state index contributed by atoms with van der Waals surface area (Å²) in [6.45, 7) is 0.843. The number of fused-ring (bicyclic) bond motifs is 1. The molecule has 0 spiro atoms. The van der Waals surface area contributed by atoms with Crippen LogP contribution in [0.5, 0.6) is 0 Å². The van der Waals surface area contributed by atoms with Crippen LogP contribution in [0.2, 0.25) is 0 Å². The third-order valence-corrected chi connectivity index (χ3v) is 5.03. The Morgan fingerprint density at radius 3 is 2.38 bits per heavy atom. The quantitative estimate of drug-likeness (QED) is 0.753. The molecule has 1 atom stereocenters. The minimum atomic E-state index is -1.06. The summed E-state index contributed by atoms with van der Waals surface area (Å²) in [6, 6.07) is 10.1. The summed E-state index contributed by atoms with van der Waals surface area (Å²) >= 11 is 0. The lowest BCUT2D eigenvalue weighted by Crippen LogP contribution is -2.36. The maximum Gasteiger partial charge on any atom is 0.335 e. The largest absolute Gasteiger partial charge is 0.478 e. The van der Waals surface area contributed by atoms with Crippen molar-refractivity contribution in [3.05, 3.63) is 64.7 Å². The summed E-state index contributed by atoms with van der Waals surface area (Å²) in [7, 11) is 0. The van der Waals surface area contributed by atoms with Gasteiger partial charge in [0.2, 0.25) is 0 Å². The van der Waals surface area contributed by atoms with Gasteiger partial charge in [0, 0.05) is 17.9 Å². The fourth-order valence-corrected chi connectivity index (χ4v) is 3.49. The maximum atomic E-state index is 12.7. The normalized spacial score (nSPS) is 18.1. The molecule has 3 amide bonds. The van der Waals surface area contributed by atoms with Gasteiger partial charge in [-0.3, -0.25) is 19.3 Å². The number of carboxylic acids is 1.